The van der Waals surface area contributed by atoms with Gasteiger partial charge in [-0.25, -0.2) is 26.7 Å². The lowest BCUT2D eigenvalue weighted by Crippen LogP contribution is -2.59. The van der Waals surface area contributed by atoms with Crippen molar-refractivity contribution < 1.29 is 55.8 Å². The van der Waals surface area contributed by atoms with Crippen LogP contribution < -0.4 is 43.8 Å². The molecule has 5 amide bonds. The molecule has 0 heterocycles. The van der Waals surface area contributed by atoms with Gasteiger partial charge in [0.25, 0.3) is 0 Å². The predicted molar refractivity (Wildman–Crippen MR) is 191 cm³/mol. The average molecular weight is 793 g/mol. The zero-order valence-electron chi connectivity index (χ0n) is 31.1. The summed E-state index contributed by atoms with van der Waals surface area (Å²) in [4.78, 5) is 78.3. The lowest BCUT2D eigenvalue weighted by atomic mass is 10.00. The molecule has 1 aromatic carbocycles. The van der Waals surface area contributed by atoms with Crippen LogP contribution in [0.2, 0.25) is 0 Å². The van der Waals surface area contributed by atoms with Crippen molar-refractivity contribution in [2.24, 2.45) is 23.1 Å². The summed E-state index contributed by atoms with van der Waals surface area (Å²) < 4.78 is 71.5. The van der Waals surface area contributed by atoms with E-state index in [0.29, 0.717) is 32.2 Å². The van der Waals surface area contributed by atoms with Crippen molar-refractivity contribution in [3.63, 3.8) is 0 Å². The van der Waals surface area contributed by atoms with Gasteiger partial charge >= 0.3 is 5.97 Å². The van der Waals surface area contributed by atoms with E-state index in [1.165, 1.54) is 13.0 Å². The second-order valence-corrected chi connectivity index (χ2v) is 13.4. The van der Waals surface area contributed by atoms with Crippen LogP contribution in [0.3, 0.4) is 0 Å². The van der Waals surface area contributed by atoms with Gasteiger partial charge in [0.2, 0.25) is 35.4 Å². The van der Waals surface area contributed by atoms with Crippen molar-refractivity contribution in [3.05, 3.63) is 47.3 Å². The molecule has 0 aliphatic rings. The summed E-state index contributed by atoms with van der Waals surface area (Å²) in [6, 6.07) is -8.72. The Bertz CT molecular complexity index is 1490. The van der Waals surface area contributed by atoms with Gasteiger partial charge < -0.3 is 48.9 Å². The predicted octanol–water partition coefficient (Wildman–Crippen LogP) is 0.661. The second-order valence-electron chi connectivity index (χ2n) is 13.4. The maximum Gasteiger partial charge on any atom is 0.326 e. The SMILES string of the molecule is C=CC[C@H](NC(=O)[C@H](CCCCN)NC(=O)[C@H](CCCCN)NC(=O)[C@H](C)N)C(=O)N[C@@H](Cc1c(F)c(F)c(F)c(F)c1F)C(=O)N[C@@H](CC(C)C)C(=O)O. The number of carboxylic acid groups (broad SMARTS) is 1. The number of nitrogens with one attached hydrogen (secondary N) is 5. The molecule has 0 fully saturated rings. The van der Waals surface area contributed by atoms with Gasteiger partial charge in [-0.1, -0.05) is 19.9 Å². The third-order valence-corrected chi connectivity index (χ3v) is 8.27. The molecule has 1 rings (SSSR count). The van der Waals surface area contributed by atoms with E-state index in [1.807, 2.05) is 0 Å². The standard InChI is InChI=1S/C35H53F5N8O7/c1-5-10-20(45-33(52)22(12-7-9-14-42)46-32(51)21(11-6-8-13-41)44-30(49)18(4)43)31(50)47-23(34(53)48-24(35(54)55)15-17(2)3)16-19-25(36)27(38)29(40)28(39)26(19)37/h5,17-18,20-24H,1,6-16,41-43H2,2-4H3,(H,44,49)(H,45,52)(H,46,51)(H,47,50)(H,48,53)(H,54,55)/t18-,20-,21-,22-,23-,24-/m0/s1. The van der Waals surface area contributed by atoms with Crippen molar-refractivity contribution in [2.75, 3.05) is 13.1 Å². The first kappa shape index (κ1) is 48.3. The van der Waals surface area contributed by atoms with Crippen molar-refractivity contribution in [1.29, 1.82) is 0 Å². The summed E-state index contributed by atoms with van der Waals surface area (Å²) >= 11 is 0. The van der Waals surface area contributed by atoms with Gasteiger partial charge in [-0.05, 0) is 77.3 Å². The van der Waals surface area contributed by atoms with Crippen LogP contribution in [0.1, 0.15) is 77.7 Å². The summed E-state index contributed by atoms with van der Waals surface area (Å²) in [5.74, 6) is -18.3. The molecule has 0 saturated heterocycles. The number of unbranched alkanes of at least 4 members (excludes halogenated alkanes) is 2. The molecule has 0 spiro atoms. The Morgan fingerprint density at radius 1 is 0.618 bits per heavy atom. The van der Waals surface area contributed by atoms with E-state index in [0.717, 1.165) is 0 Å². The molecule has 6 atom stereocenters. The minimum Gasteiger partial charge on any atom is -0.480 e. The molecule has 0 aliphatic carbocycles. The Morgan fingerprint density at radius 2 is 1.00 bits per heavy atom. The maximum absolute atomic E-state index is 14.7. The van der Waals surface area contributed by atoms with E-state index in [-0.39, 0.29) is 38.1 Å². The van der Waals surface area contributed by atoms with Gasteiger partial charge in [-0.3, -0.25) is 24.0 Å². The average Bonchev–Trinajstić information content (AvgIpc) is 3.12. The Labute approximate surface area is 316 Å². The molecule has 55 heavy (non-hydrogen) atoms. The van der Waals surface area contributed by atoms with Crippen LogP contribution in [-0.2, 0) is 35.2 Å². The van der Waals surface area contributed by atoms with Gasteiger partial charge in [-0.2, -0.15) is 0 Å². The molecule has 0 radical (unpaired) electrons. The zero-order valence-corrected chi connectivity index (χ0v) is 31.1. The van der Waals surface area contributed by atoms with Crippen molar-refractivity contribution in [3.8, 4) is 0 Å². The van der Waals surface area contributed by atoms with Crippen molar-refractivity contribution >= 4 is 35.5 Å². The van der Waals surface area contributed by atoms with Crippen LogP contribution in [0.25, 0.3) is 0 Å². The fourth-order valence-corrected chi connectivity index (χ4v) is 5.25. The highest BCUT2D eigenvalue weighted by Gasteiger charge is 2.35. The normalized spacial score (nSPS) is 14.5. The van der Waals surface area contributed by atoms with Crippen LogP contribution in [0, 0.1) is 35.0 Å². The van der Waals surface area contributed by atoms with Crippen LogP contribution in [0.4, 0.5) is 22.0 Å². The van der Waals surface area contributed by atoms with Gasteiger partial charge in [0.15, 0.2) is 23.3 Å². The number of rotatable bonds is 25. The van der Waals surface area contributed by atoms with Gasteiger partial charge in [0.05, 0.1) is 6.04 Å². The minimum absolute atomic E-state index is 0.00562. The molecular weight excluding hydrogens is 739 g/mol. The van der Waals surface area contributed by atoms with Gasteiger partial charge in [0, 0.05) is 12.0 Å². The third kappa shape index (κ3) is 15.5. The molecule has 1 aromatic rings. The van der Waals surface area contributed by atoms with E-state index in [4.69, 9.17) is 17.2 Å². The smallest absolute Gasteiger partial charge is 0.326 e. The first-order chi connectivity index (χ1) is 25.8. The third-order valence-electron chi connectivity index (χ3n) is 8.27. The molecule has 15 nitrogen and oxygen atoms in total. The van der Waals surface area contributed by atoms with Crippen molar-refractivity contribution in [1.82, 2.24) is 26.6 Å². The van der Waals surface area contributed by atoms with Crippen LogP contribution in [0.5, 0.6) is 0 Å². The molecular formula is C35H53F5N8O7. The van der Waals surface area contributed by atoms with Crippen LogP contribution in [-0.4, -0.2) is 90.0 Å². The summed E-state index contributed by atoms with van der Waals surface area (Å²) in [5, 5.41) is 21.4. The monoisotopic (exact) mass is 792 g/mol. The lowest BCUT2D eigenvalue weighted by Gasteiger charge is -2.27. The summed E-state index contributed by atoms with van der Waals surface area (Å²) in [7, 11) is 0. The number of benzene rings is 1. The molecule has 0 aliphatic heterocycles. The zero-order chi connectivity index (χ0) is 42.0. The highest BCUT2D eigenvalue weighted by Crippen LogP contribution is 2.24. The number of carbonyl (C=O) groups is 6. The number of nitrogens with two attached hydrogens (primary N) is 3. The molecule has 0 bridgehead atoms. The van der Waals surface area contributed by atoms with E-state index in [2.05, 4.69) is 33.2 Å². The van der Waals surface area contributed by atoms with E-state index >= 15 is 0 Å². The Balaban J connectivity index is 3.50. The highest BCUT2D eigenvalue weighted by atomic mass is 19.2. The first-order valence-electron chi connectivity index (χ1n) is 17.8. The lowest BCUT2D eigenvalue weighted by molar-refractivity contribution is -0.142. The highest BCUT2D eigenvalue weighted by molar-refractivity contribution is 5.96. The van der Waals surface area contributed by atoms with E-state index in [9.17, 15) is 55.8 Å². The molecule has 310 valence electrons. The van der Waals surface area contributed by atoms with Gasteiger partial charge in [0.1, 0.15) is 30.2 Å². The topological polar surface area (TPSA) is 261 Å². The molecule has 12 N–H and O–H groups in total. The quantitative estimate of drug-likeness (QED) is 0.0220. The number of carbonyl (C=O) groups excluding carboxylic acids is 5. The second kappa shape index (κ2) is 24.0. The fourth-order valence-electron chi connectivity index (χ4n) is 5.25. The Hall–Kier alpha value is -4.69. The van der Waals surface area contributed by atoms with Crippen molar-refractivity contribution in [2.45, 2.75) is 115 Å². The van der Waals surface area contributed by atoms with E-state index < -0.39 is 113 Å². The first-order valence-corrected chi connectivity index (χ1v) is 17.8. The van der Waals surface area contributed by atoms with Crippen LogP contribution in [0.15, 0.2) is 12.7 Å². The Kier molecular flexibility index (Phi) is 21.1. The Morgan fingerprint density at radius 3 is 1.42 bits per heavy atom. The minimum atomic E-state index is -2.47. The summed E-state index contributed by atoms with van der Waals surface area (Å²) in [5.41, 5.74) is 15.3. The molecule has 0 unspecified atom stereocenters. The van der Waals surface area contributed by atoms with Crippen LogP contribution >= 0.6 is 0 Å². The number of carboxylic acids is 1. The van der Waals surface area contributed by atoms with Gasteiger partial charge in [-0.15, -0.1) is 6.58 Å². The molecule has 0 aromatic heterocycles. The summed E-state index contributed by atoms with van der Waals surface area (Å²) in [6.45, 7) is 8.74. The maximum atomic E-state index is 14.7. The number of amides is 5. The number of hydrogen-bond acceptors (Lipinski definition) is 9. The number of halogens is 5. The fraction of sp³-hybridized carbons (Fsp3) is 0.600. The molecule has 0 saturated carbocycles. The number of hydrogen-bond donors (Lipinski definition) is 9. The largest absolute Gasteiger partial charge is 0.480 e. The summed E-state index contributed by atoms with van der Waals surface area (Å²) in [6.07, 6.45) is 1.24. The molecule has 20 heteroatoms. The van der Waals surface area contributed by atoms with E-state index in [1.54, 1.807) is 13.8 Å². The number of aliphatic carboxylic acids is 1.